The summed E-state index contributed by atoms with van der Waals surface area (Å²) in [7, 11) is 0. The molecular weight excluding hydrogens is 735 g/mol. The third-order valence-corrected chi connectivity index (χ3v) is 13.6. The van der Waals surface area contributed by atoms with Gasteiger partial charge in [0.05, 0.1) is 11.0 Å². The van der Waals surface area contributed by atoms with Crippen molar-refractivity contribution in [2.75, 3.05) is 0 Å². The smallest absolute Gasteiger partial charge is 0.0544 e. The molecule has 0 aliphatic heterocycles. The van der Waals surface area contributed by atoms with Crippen molar-refractivity contribution in [1.29, 1.82) is 0 Å². The van der Waals surface area contributed by atoms with Gasteiger partial charge in [-0.2, -0.15) is 0 Å². The van der Waals surface area contributed by atoms with Gasteiger partial charge in [0.25, 0.3) is 0 Å². The van der Waals surface area contributed by atoms with Crippen molar-refractivity contribution in [3.05, 3.63) is 258 Å². The van der Waals surface area contributed by atoms with Gasteiger partial charge in [-0.05, 0) is 125 Å². The fourth-order valence-electron chi connectivity index (χ4n) is 10.8. The molecule has 0 saturated heterocycles. The highest BCUT2D eigenvalue weighted by Crippen LogP contribution is 2.54. The maximum Gasteiger partial charge on any atom is 0.0544 e. The summed E-state index contributed by atoms with van der Waals surface area (Å²) in [6.45, 7) is 0. The van der Waals surface area contributed by atoms with E-state index in [1.807, 2.05) is 0 Å². The molecule has 10 aromatic carbocycles. The number of benzene rings is 10. The molecule has 13 rings (SSSR count). The fraction of sp³-hybridized carbons (Fsp3) is 0.0333. The van der Waals surface area contributed by atoms with Gasteiger partial charge in [0.2, 0.25) is 0 Å². The molecule has 2 aliphatic rings. The summed E-state index contributed by atoms with van der Waals surface area (Å²) in [6.07, 6.45) is 0. The molecule has 0 bridgehead atoms. The maximum atomic E-state index is 2.50. The number of aromatic nitrogens is 1. The minimum absolute atomic E-state index is 0.130. The van der Waals surface area contributed by atoms with E-state index in [2.05, 4.69) is 229 Å². The molecule has 11 aromatic rings. The second-order valence-electron chi connectivity index (χ2n) is 16.8. The SMILES string of the molecule is c1ccc(-c2ccc(C3c4ccccc4-c4cc(-c5ccc6c(c5)c5c7c(ccc5n6-c5ccc6ccccc6c5)-c5ccccc5C7c5ccccc5)ccc43)cc2)cc1. The molecule has 0 fully saturated rings. The largest absolute Gasteiger partial charge is 0.309 e. The molecule has 0 N–H and O–H groups in total. The number of hydrogen-bond acceptors (Lipinski definition) is 0. The Labute approximate surface area is 355 Å². The summed E-state index contributed by atoms with van der Waals surface area (Å²) in [6, 6.07) is 83.7. The molecule has 1 heterocycles. The van der Waals surface area contributed by atoms with Crippen LogP contribution in [0, 0.1) is 0 Å². The standard InChI is InChI=1S/C60H39N/c1-3-13-38(14-4-1)40-23-25-42(26-24-40)57-49-21-11-10-20-48(49)53-36-44(28-31-52(53)57)45-29-33-55-54(37-45)59-56(61(55)46-30-27-39-15-7-8-18-43(39)35-46)34-32-51-47-19-9-12-22-50(47)58(60(51)59)41-16-5-2-6-17-41/h1-37,57-58H. The quantitative estimate of drug-likeness (QED) is 0.164. The van der Waals surface area contributed by atoms with Crippen LogP contribution in [0.15, 0.2) is 224 Å². The molecule has 2 atom stereocenters. The molecule has 2 unspecified atom stereocenters. The van der Waals surface area contributed by atoms with Crippen molar-refractivity contribution in [2.45, 2.75) is 11.8 Å². The number of hydrogen-bond donors (Lipinski definition) is 0. The first-order chi connectivity index (χ1) is 30.3. The summed E-state index contributed by atoms with van der Waals surface area (Å²) in [4.78, 5) is 0. The van der Waals surface area contributed by atoms with E-state index in [1.165, 1.54) is 116 Å². The van der Waals surface area contributed by atoms with Crippen LogP contribution in [-0.4, -0.2) is 4.57 Å². The minimum atomic E-state index is 0.130. The number of nitrogens with zero attached hydrogens (tertiary/aromatic N) is 1. The van der Waals surface area contributed by atoms with Crippen LogP contribution in [0.1, 0.15) is 45.2 Å². The Bertz CT molecular complexity index is 3520. The van der Waals surface area contributed by atoms with Crippen LogP contribution in [0.2, 0.25) is 0 Å². The van der Waals surface area contributed by atoms with Crippen LogP contribution in [-0.2, 0) is 0 Å². The van der Waals surface area contributed by atoms with Crippen LogP contribution in [0.3, 0.4) is 0 Å². The van der Waals surface area contributed by atoms with Crippen LogP contribution in [0.5, 0.6) is 0 Å². The normalized spacial score (nSPS) is 14.9. The first-order valence-electron chi connectivity index (χ1n) is 21.4. The monoisotopic (exact) mass is 773 g/mol. The molecule has 2 aliphatic carbocycles. The van der Waals surface area contributed by atoms with Gasteiger partial charge in [0.15, 0.2) is 0 Å². The minimum Gasteiger partial charge on any atom is -0.309 e. The molecular formula is C60H39N. The Balaban J connectivity index is 1.01. The second kappa shape index (κ2) is 13.4. The third-order valence-electron chi connectivity index (χ3n) is 13.6. The highest BCUT2D eigenvalue weighted by molar-refractivity contribution is 6.15. The topological polar surface area (TPSA) is 4.93 Å². The Kier molecular flexibility index (Phi) is 7.50. The van der Waals surface area contributed by atoms with Gasteiger partial charge in [0.1, 0.15) is 0 Å². The van der Waals surface area contributed by atoms with E-state index in [-0.39, 0.29) is 11.8 Å². The first-order valence-corrected chi connectivity index (χ1v) is 21.4. The predicted molar refractivity (Wildman–Crippen MR) is 255 cm³/mol. The van der Waals surface area contributed by atoms with E-state index < -0.39 is 0 Å². The highest BCUT2D eigenvalue weighted by Gasteiger charge is 2.34. The lowest BCUT2D eigenvalue weighted by Gasteiger charge is -2.16. The van der Waals surface area contributed by atoms with Crippen LogP contribution >= 0.6 is 0 Å². The van der Waals surface area contributed by atoms with Crippen molar-refractivity contribution >= 4 is 32.6 Å². The van der Waals surface area contributed by atoms with Gasteiger partial charge >= 0.3 is 0 Å². The Morgan fingerprint density at radius 2 is 0.885 bits per heavy atom. The van der Waals surface area contributed by atoms with Crippen LogP contribution in [0.25, 0.3) is 82.8 Å². The summed E-state index contributed by atoms with van der Waals surface area (Å²) < 4.78 is 2.50. The van der Waals surface area contributed by atoms with Gasteiger partial charge in [-0.3, -0.25) is 0 Å². The zero-order valence-corrected chi connectivity index (χ0v) is 33.5. The van der Waals surface area contributed by atoms with Crippen molar-refractivity contribution in [3.8, 4) is 50.2 Å². The zero-order valence-electron chi connectivity index (χ0n) is 33.5. The van der Waals surface area contributed by atoms with Gasteiger partial charge in [0, 0.05) is 28.3 Å². The van der Waals surface area contributed by atoms with Gasteiger partial charge < -0.3 is 4.57 Å². The molecule has 284 valence electrons. The van der Waals surface area contributed by atoms with Gasteiger partial charge in [-0.15, -0.1) is 0 Å². The Morgan fingerprint density at radius 3 is 1.69 bits per heavy atom. The van der Waals surface area contributed by atoms with Crippen LogP contribution < -0.4 is 0 Å². The van der Waals surface area contributed by atoms with E-state index >= 15 is 0 Å². The number of rotatable bonds is 5. The highest BCUT2D eigenvalue weighted by atomic mass is 15.0. The summed E-state index contributed by atoms with van der Waals surface area (Å²) in [5, 5.41) is 5.10. The Hall–Kier alpha value is -7.74. The number of fused-ring (bicyclic) bond motifs is 11. The van der Waals surface area contributed by atoms with Gasteiger partial charge in [-0.1, -0.05) is 188 Å². The maximum absolute atomic E-state index is 2.50. The van der Waals surface area contributed by atoms with E-state index in [0.717, 1.165) is 0 Å². The van der Waals surface area contributed by atoms with E-state index in [4.69, 9.17) is 0 Å². The second-order valence-corrected chi connectivity index (χ2v) is 16.8. The fourth-order valence-corrected chi connectivity index (χ4v) is 10.8. The van der Waals surface area contributed by atoms with E-state index in [1.54, 1.807) is 0 Å². The predicted octanol–water partition coefficient (Wildman–Crippen LogP) is 15.6. The van der Waals surface area contributed by atoms with Crippen molar-refractivity contribution < 1.29 is 0 Å². The van der Waals surface area contributed by atoms with Gasteiger partial charge in [-0.25, -0.2) is 0 Å². The molecule has 1 nitrogen and oxygen atoms in total. The summed E-state index contributed by atoms with van der Waals surface area (Å²) in [5.41, 5.74) is 22.1. The molecule has 1 heteroatoms. The average Bonchev–Trinajstić information content (AvgIpc) is 3.97. The molecule has 1 aromatic heterocycles. The lowest BCUT2D eigenvalue weighted by atomic mass is 9.86. The first kappa shape index (κ1) is 34.2. The Morgan fingerprint density at radius 1 is 0.311 bits per heavy atom. The molecule has 0 spiro atoms. The molecule has 0 saturated carbocycles. The zero-order chi connectivity index (χ0) is 40.0. The third kappa shape index (κ3) is 5.20. The molecule has 0 amide bonds. The van der Waals surface area contributed by atoms with Crippen molar-refractivity contribution in [3.63, 3.8) is 0 Å². The lowest BCUT2D eigenvalue weighted by Crippen LogP contribution is -2.00. The van der Waals surface area contributed by atoms with Crippen LogP contribution in [0.4, 0.5) is 0 Å². The van der Waals surface area contributed by atoms with Crippen molar-refractivity contribution in [1.82, 2.24) is 4.57 Å². The molecule has 0 radical (unpaired) electrons. The van der Waals surface area contributed by atoms with E-state index in [0.29, 0.717) is 0 Å². The van der Waals surface area contributed by atoms with E-state index in [9.17, 15) is 0 Å². The average molecular weight is 774 g/mol. The molecule has 61 heavy (non-hydrogen) atoms. The lowest BCUT2D eigenvalue weighted by molar-refractivity contribution is 1.02. The summed E-state index contributed by atoms with van der Waals surface area (Å²) in [5.74, 6) is 0.317. The van der Waals surface area contributed by atoms with Crippen molar-refractivity contribution in [2.24, 2.45) is 0 Å². The summed E-state index contributed by atoms with van der Waals surface area (Å²) >= 11 is 0.